The van der Waals surface area contributed by atoms with Gasteiger partial charge in [-0.3, -0.25) is 20.0 Å². The Morgan fingerprint density at radius 1 is 1.23 bits per heavy atom. The predicted molar refractivity (Wildman–Crippen MR) is 107 cm³/mol. The van der Waals surface area contributed by atoms with Crippen molar-refractivity contribution in [2.24, 2.45) is 0 Å². The summed E-state index contributed by atoms with van der Waals surface area (Å²) >= 11 is 6.38. The van der Waals surface area contributed by atoms with Gasteiger partial charge >= 0.3 is 0 Å². The predicted octanol–water partition coefficient (Wildman–Crippen LogP) is 3.57. The van der Waals surface area contributed by atoms with E-state index >= 15 is 0 Å². The molecule has 0 saturated carbocycles. The molecule has 3 rings (SSSR count). The lowest BCUT2D eigenvalue weighted by Crippen LogP contribution is -2.44. The van der Waals surface area contributed by atoms with Crippen molar-refractivity contribution in [2.75, 3.05) is 0 Å². The highest BCUT2D eigenvalue weighted by Crippen LogP contribution is 2.31. The minimum absolute atomic E-state index is 0.283. The highest BCUT2D eigenvalue weighted by molar-refractivity contribution is 8.26. The number of nitrogens with one attached hydrogen (secondary N) is 1. The third-order valence-electron chi connectivity index (χ3n) is 3.48. The van der Waals surface area contributed by atoms with Crippen molar-refractivity contribution in [3.05, 3.63) is 82.5 Å². The van der Waals surface area contributed by atoms with Crippen molar-refractivity contribution >= 4 is 46.2 Å². The Morgan fingerprint density at radius 2 is 2.00 bits per heavy atom. The molecule has 1 saturated heterocycles. The smallest absolute Gasteiger partial charge is 0.267 e. The maximum absolute atomic E-state index is 12.6. The molecule has 0 radical (unpaired) electrons. The normalized spacial score (nSPS) is 16.3. The van der Waals surface area contributed by atoms with Gasteiger partial charge in [0.05, 0.1) is 10.5 Å². The van der Waals surface area contributed by atoms with E-state index in [2.05, 4.69) is 10.4 Å². The number of thioether (sulfide) groups is 1. The Kier molecular flexibility index (Phi) is 5.60. The second-order valence-electron chi connectivity index (χ2n) is 5.50. The summed E-state index contributed by atoms with van der Waals surface area (Å²) in [6, 6.07) is 13.1. The van der Waals surface area contributed by atoms with Crippen molar-refractivity contribution in [1.29, 1.82) is 0 Å². The largest absolute Gasteiger partial charge is 0.285 e. The number of amides is 2. The first kappa shape index (κ1) is 18.0. The molecule has 0 unspecified atom stereocenters. The number of aromatic nitrogens is 1. The number of hydrogen-bond acceptors (Lipinski definition) is 5. The van der Waals surface area contributed by atoms with Gasteiger partial charge in [0.2, 0.25) is 0 Å². The molecule has 0 bridgehead atoms. The number of benzene rings is 1. The summed E-state index contributed by atoms with van der Waals surface area (Å²) in [5.74, 6) is -0.787. The van der Waals surface area contributed by atoms with E-state index in [9.17, 15) is 9.59 Å². The molecular weight excluding hydrogens is 366 g/mol. The number of hydrogen-bond donors (Lipinski definition) is 1. The van der Waals surface area contributed by atoms with Gasteiger partial charge in [0.15, 0.2) is 4.32 Å². The van der Waals surface area contributed by atoms with Gasteiger partial charge in [0.25, 0.3) is 11.8 Å². The molecule has 1 fully saturated rings. The third kappa shape index (κ3) is 4.25. The van der Waals surface area contributed by atoms with Crippen LogP contribution in [-0.4, -0.2) is 26.1 Å². The van der Waals surface area contributed by atoms with Gasteiger partial charge in [-0.05, 0) is 48.5 Å². The zero-order valence-corrected chi connectivity index (χ0v) is 15.5. The fourth-order valence-electron chi connectivity index (χ4n) is 2.29. The average molecular weight is 381 g/mol. The number of hydrazine groups is 1. The van der Waals surface area contributed by atoms with Gasteiger partial charge in [-0.15, -0.1) is 0 Å². The lowest BCUT2D eigenvalue weighted by Gasteiger charge is -2.15. The van der Waals surface area contributed by atoms with Crippen molar-refractivity contribution in [1.82, 2.24) is 15.4 Å². The first-order valence-electron chi connectivity index (χ1n) is 7.77. The number of thiocarbonyl (C=S) groups is 1. The van der Waals surface area contributed by atoms with Crippen LogP contribution >= 0.6 is 24.0 Å². The lowest BCUT2D eigenvalue weighted by atomic mass is 10.1. The van der Waals surface area contributed by atoms with E-state index in [0.29, 0.717) is 10.5 Å². The number of nitrogens with zero attached hydrogens (tertiary/aromatic N) is 2. The Bertz CT molecular complexity index is 909. The van der Waals surface area contributed by atoms with E-state index in [1.807, 2.05) is 43.3 Å². The minimum Gasteiger partial charge on any atom is -0.267 e. The second-order valence-corrected chi connectivity index (χ2v) is 7.17. The van der Waals surface area contributed by atoms with Crippen LogP contribution in [0.25, 0.3) is 6.08 Å². The number of carbonyl (C=O) groups excluding carboxylic acids is 2. The number of carbonyl (C=O) groups is 2. The summed E-state index contributed by atoms with van der Waals surface area (Å²) in [6.07, 6.45) is 6.74. The van der Waals surface area contributed by atoms with E-state index in [0.717, 1.165) is 27.9 Å². The fourth-order valence-corrected chi connectivity index (χ4v) is 3.52. The molecule has 26 heavy (non-hydrogen) atoms. The summed E-state index contributed by atoms with van der Waals surface area (Å²) in [7, 11) is 0. The van der Waals surface area contributed by atoms with Crippen LogP contribution in [-0.2, 0) is 4.79 Å². The molecule has 2 amide bonds. The molecule has 2 heterocycles. The molecule has 0 aliphatic carbocycles. The Labute approximate surface area is 160 Å². The van der Waals surface area contributed by atoms with Gasteiger partial charge < -0.3 is 0 Å². The zero-order valence-electron chi connectivity index (χ0n) is 13.9. The van der Waals surface area contributed by atoms with Crippen LogP contribution in [0.4, 0.5) is 0 Å². The summed E-state index contributed by atoms with van der Waals surface area (Å²) < 4.78 is 0.283. The topological polar surface area (TPSA) is 62.3 Å². The molecule has 5 nitrogen and oxygen atoms in total. The maximum Gasteiger partial charge on any atom is 0.285 e. The van der Waals surface area contributed by atoms with E-state index in [1.165, 1.54) is 6.20 Å². The Balaban J connectivity index is 1.74. The Morgan fingerprint density at radius 3 is 2.69 bits per heavy atom. The van der Waals surface area contributed by atoms with Crippen LogP contribution in [0, 0.1) is 0 Å². The third-order valence-corrected chi connectivity index (χ3v) is 4.79. The summed E-state index contributed by atoms with van der Waals surface area (Å²) in [5.41, 5.74) is 4.84. The van der Waals surface area contributed by atoms with E-state index in [1.54, 1.807) is 24.4 Å². The highest BCUT2D eigenvalue weighted by atomic mass is 32.2. The van der Waals surface area contributed by atoms with Crippen LogP contribution < -0.4 is 5.43 Å². The number of rotatable bonds is 4. The molecule has 130 valence electrons. The molecule has 0 atom stereocenters. The molecular formula is C19H15N3O2S2. The van der Waals surface area contributed by atoms with Crippen molar-refractivity contribution in [3.8, 4) is 0 Å². The molecule has 1 N–H and O–H groups in total. The van der Waals surface area contributed by atoms with Crippen molar-refractivity contribution < 1.29 is 9.59 Å². The summed E-state index contributed by atoms with van der Waals surface area (Å²) in [4.78, 5) is 29.1. The molecule has 1 aromatic heterocycles. The van der Waals surface area contributed by atoms with Crippen LogP contribution in [0.15, 0.2) is 71.4 Å². The Hall–Kier alpha value is -2.77. The molecule has 1 aliphatic rings. The standard InChI is InChI=1S/C19H15N3O2S2/c1-13(10-14-6-3-2-4-7-14)11-16-18(24)22(19(25)26-16)21-17(23)15-8-5-9-20-12-15/h2-12H,1H3,(H,21,23)/b13-10-,16-11+. The lowest BCUT2D eigenvalue weighted by molar-refractivity contribution is -0.123. The number of pyridine rings is 1. The van der Waals surface area contributed by atoms with E-state index in [4.69, 9.17) is 12.2 Å². The summed E-state index contributed by atoms with van der Waals surface area (Å²) in [6.45, 7) is 1.91. The average Bonchev–Trinajstić information content (AvgIpc) is 2.90. The maximum atomic E-state index is 12.6. The molecule has 1 aliphatic heterocycles. The van der Waals surface area contributed by atoms with Gasteiger partial charge in [0.1, 0.15) is 0 Å². The highest BCUT2D eigenvalue weighted by Gasteiger charge is 2.33. The van der Waals surface area contributed by atoms with Gasteiger partial charge in [-0.1, -0.05) is 48.2 Å². The van der Waals surface area contributed by atoms with Gasteiger partial charge in [-0.25, -0.2) is 0 Å². The first-order valence-corrected chi connectivity index (χ1v) is 8.99. The van der Waals surface area contributed by atoms with E-state index in [-0.39, 0.29) is 10.2 Å². The van der Waals surface area contributed by atoms with Crippen LogP contribution in [0.1, 0.15) is 22.8 Å². The molecule has 1 aromatic carbocycles. The molecule has 7 heteroatoms. The second kappa shape index (κ2) is 8.07. The SMILES string of the molecule is CC(=C/c1ccccc1)/C=C1/SC(=S)N(NC(=O)c2cccnc2)C1=O. The van der Waals surface area contributed by atoms with Crippen LogP contribution in [0.3, 0.4) is 0 Å². The van der Waals surface area contributed by atoms with Crippen LogP contribution in [0.5, 0.6) is 0 Å². The van der Waals surface area contributed by atoms with Crippen molar-refractivity contribution in [3.63, 3.8) is 0 Å². The first-order chi connectivity index (χ1) is 12.5. The van der Waals surface area contributed by atoms with E-state index < -0.39 is 5.91 Å². The van der Waals surface area contributed by atoms with Gasteiger partial charge in [0, 0.05) is 12.4 Å². The number of allylic oxidation sites excluding steroid dienone is 2. The van der Waals surface area contributed by atoms with Crippen molar-refractivity contribution in [2.45, 2.75) is 6.92 Å². The molecule has 0 spiro atoms. The fraction of sp³-hybridized carbons (Fsp3) is 0.0526. The van der Waals surface area contributed by atoms with Crippen LogP contribution in [0.2, 0.25) is 0 Å². The monoisotopic (exact) mass is 381 g/mol. The molecule has 2 aromatic rings. The zero-order chi connectivity index (χ0) is 18.5. The summed E-state index contributed by atoms with van der Waals surface area (Å²) in [5, 5.41) is 1.09. The minimum atomic E-state index is -0.438. The quantitative estimate of drug-likeness (QED) is 0.648. The van der Waals surface area contributed by atoms with Gasteiger partial charge in [-0.2, -0.15) is 5.01 Å².